The fourth-order valence-electron chi connectivity index (χ4n) is 3.01. The van der Waals surface area contributed by atoms with E-state index in [0.29, 0.717) is 13.1 Å². The van der Waals surface area contributed by atoms with Gasteiger partial charge in [0.25, 0.3) is 0 Å². The van der Waals surface area contributed by atoms with Crippen LogP contribution in [0.1, 0.15) is 39.2 Å². The minimum absolute atomic E-state index is 0.244. The molecular weight excluding hydrogens is 310 g/mol. The quantitative estimate of drug-likeness (QED) is 0.715. The van der Waals surface area contributed by atoms with Gasteiger partial charge in [-0.25, -0.2) is 4.79 Å². The van der Waals surface area contributed by atoms with E-state index in [4.69, 9.17) is 17.0 Å². The van der Waals surface area contributed by atoms with E-state index in [-0.39, 0.29) is 11.8 Å². The molecule has 1 amide bonds. The van der Waals surface area contributed by atoms with Gasteiger partial charge < -0.3 is 20.3 Å². The first kappa shape index (κ1) is 16.1. The summed E-state index contributed by atoms with van der Waals surface area (Å²) in [5, 5.41) is 7.01. The van der Waals surface area contributed by atoms with Gasteiger partial charge in [0, 0.05) is 37.2 Å². The van der Waals surface area contributed by atoms with Gasteiger partial charge in [-0.3, -0.25) is 0 Å². The average Bonchev–Trinajstić information content (AvgIpc) is 2.46. The van der Waals surface area contributed by atoms with Crippen LogP contribution in [0.2, 0.25) is 0 Å². The molecule has 2 heterocycles. The standard InChI is InChI=1S/C17H23N3O2S/c1-16(2,3)22-15(21)20-10-8-17(9-11-20)18-13-7-5-4-6-12(13)14(23)19-17/h4-7,18H,8-11H2,1-3H3,(H,19,23). The fraction of sp³-hybridized carbons (Fsp3) is 0.529. The second kappa shape index (κ2) is 5.67. The Balaban J connectivity index is 1.67. The first-order valence-electron chi connectivity index (χ1n) is 7.96. The van der Waals surface area contributed by atoms with Crippen LogP contribution in [0.4, 0.5) is 10.5 Å². The van der Waals surface area contributed by atoms with E-state index in [9.17, 15) is 4.79 Å². The number of amides is 1. The molecule has 1 aromatic rings. The smallest absolute Gasteiger partial charge is 0.410 e. The molecule has 3 rings (SSSR count). The molecule has 0 aliphatic carbocycles. The number of carbonyl (C=O) groups excluding carboxylic acids is 1. The molecule has 0 atom stereocenters. The van der Waals surface area contributed by atoms with Gasteiger partial charge in [0.05, 0.1) is 0 Å². The second-order valence-electron chi connectivity index (χ2n) is 7.17. The number of hydrogen-bond donors (Lipinski definition) is 2. The van der Waals surface area contributed by atoms with Gasteiger partial charge in [0.2, 0.25) is 0 Å². The fourth-order valence-corrected chi connectivity index (χ4v) is 3.38. The topological polar surface area (TPSA) is 53.6 Å². The molecule has 1 spiro atoms. The predicted octanol–water partition coefficient (Wildman–Crippen LogP) is 3.10. The summed E-state index contributed by atoms with van der Waals surface area (Å²) in [6, 6.07) is 8.05. The number of anilines is 1. The Labute approximate surface area is 142 Å². The largest absolute Gasteiger partial charge is 0.444 e. The maximum atomic E-state index is 12.2. The van der Waals surface area contributed by atoms with E-state index in [1.807, 2.05) is 45.0 Å². The van der Waals surface area contributed by atoms with Crippen molar-refractivity contribution in [2.75, 3.05) is 18.4 Å². The van der Waals surface area contributed by atoms with Crippen molar-refractivity contribution in [3.63, 3.8) is 0 Å². The van der Waals surface area contributed by atoms with Crippen LogP contribution in [0.25, 0.3) is 0 Å². The van der Waals surface area contributed by atoms with Crippen LogP contribution in [0, 0.1) is 0 Å². The van der Waals surface area contributed by atoms with Crippen molar-refractivity contribution in [2.45, 2.75) is 44.9 Å². The Morgan fingerprint density at radius 2 is 1.87 bits per heavy atom. The van der Waals surface area contributed by atoms with Gasteiger partial charge in [0.1, 0.15) is 16.3 Å². The number of ether oxygens (including phenoxy) is 1. The van der Waals surface area contributed by atoms with E-state index in [0.717, 1.165) is 29.1 Å². The summed E-state index contributed by atoms with van der Waals surface area (Å²) in [6.45, 7) is 6.93. The highest BCUT2D eigenvalue weighted by molar-refractivity contribution is 7.80. The summed E-state index contributed by atoms with van der Waals surface area (Å²) in [7, 11) is 0. The van der Waals surface area contributed by atoms with Crippen LogP contribution in [0.5, 0.6) is 0 Å². The number of nitrogens with one attached hydrogen (secondary N) is 2. The lowest BCUT2D eigenvalue weighted by Gasteiger charge is -2.46. The molecule has 0 unspecified atom stereocenters. The van der Waals surface area contributed by atoms with Crippen LogP contribution in [-0.4, -0.2) is 40.3 Å². The minimum Gasteiger partial charge on any atom is -0.444 e. The van der Waals surface area contributed by atoms with Crippen molar-refractivity contribution in [2.24, 2.45) is 0 Å². The third-order valence-corrected chi connectivity index (χ3v) is 4.49. The van der Waals surface area contributed by atoms with Crippen molar-refractivity contribution in [3.8, 4) is 0 Å². The predicted molar refractivity (Wildman–Crippen MR) is 94.7 cm³/mol. The SMILES string of the molecule is CC(C)(C)OC(=O)N1CCC2(CC1)NC(=S)c1ccccc1N2. The molecule has 2 aliphatic rings. The van der Waals surface area contributed by atoms with Gasteiger partial charge in [0.15, 0.2) is 0 Å². The molecule has 2 N–H and O–H groups in total. The molecule has 0 radical (unpaired) electrons. The highest BCUT2D eigenvalue weighted by atomic mass is 32.1. The summed E-state index contributed by atoms with van der Waals surface area (Å²) in [5.74, 6) is 0. The Morgan fingerprint density at radius 1 is 1.22 bits per heavy atom. The third-order valence-electron chi connectivity index (χ3n) is 4.17. The zero-order valence-corrected chi connectivity index (χ0v) is 14.6. The van der Waals surface area contributed by atoms with E-state index >= 15 is 0 Å². The molecule has 23 heavy (non-hydrogen) atoms. The average molecular weight is 333 g/mol. The number of rotatable bonds is 0. The molecule has 0 aromatic heterocycles. The van der Waals surface area contributed by atoms with Crippen molar-refractivity contribution < 1.29 is 9.53 Å². The van der Waals surface area contributed by atoms with E-state index in [1.165, 1.54) is 0 Å². The Hall–Kier alpha value is -1.82. The van der Waals surface area contributed by atoms with Crippen LogP contribution in [-0.2, 0) is 4.74 Å². The lowest BCUT2D eigenvalue weighted by Crippen LogP contribution is -2.62. The van der Waals surface area contributed by atoms with Crippen LogP contribution < -0.4 is 10.6 Å². The van der Waals surface area contributed by atoms with Gasteiger partial charge >= 0.3 is 6.09 Å². The number of likely N-dealkylation sites (tertiary alicyclic amines) is 1. The van der Waals surface area contributed by atoms with Gasteiger partial charge in [-0.2, -0.15) is 0 Å². The maximum Gasteiger partial charge on any atom is 0.410 e. The summed E-state index contributed by atoms with van der Waals surface area (Å²) >= 11 is 5.51. The van der Waals surface area contributed by atoms with E-state index < -0.39 is 5.60 Å². The van der Waals surface area contributed by atoms with Crippen molar-refractivity contribution in [3.05, 3.63) is 29.8 Å². The first-order valence-corrected chi connectivity index (χ1v) is 8.37. The molecule has 1 saturated heterocycles. The summed E-state index contributed by atoms with van der Waals surface area (Å²) in [6.07, 6.45) is 1.31. The van der Waals surface area contributed by atoms with Crippen molar-refractivity contribution >= 4 is 29.0 Å². The number of fused-ring (bicyclic) bond motifs is 1. The molecule has 1 fully saturated rings. The zero-order chi connectivity index (χ0) is 16.7. The molecule has 1 aromatic carbocycles. The van der Waals surface area contributed by atoms with Gasteiger partial charge in [-0.1, -0.05) is 24.4 Å². The van der Waals surface area contributed by atoms with E-state index in [2.05, 4.69) is 10.6 Å². The highest BCUT2D eigenvalue weighted by Gasteiger charge is 2.40. The van der Waals surface area contributed by atoms with Crippen molar-refractivity contribution in [1.29, 1.82) is 0 Å². The molecule has 0 saturated carbocycles. The van der Waals surface area contributed by atoms with Crippen LogP contribution >= 0.6 is 12.2 Å². The summed E-state index contributed by atoms with van der Waals surface area (Å²) < 4.78 is 5.45. The first-order chi connectivity index (χ1) is 10.8. The molecule has 124 valence electrons. The molecule has 5 nitrogen and oxygen atoms in total. The Bertz CT molecular complexity index is 631. The Kier molecular flexibility index (Phi) is 3.96. The lowest BCUT2D eigenvalue weighted by molar-refractivity contribution is 0.0171. The van der Waals surface area contributed by atoms with Gasteiger partial charge in [-0.15, -0.1) is 0 Å². The molecule has 2 aliphatic heterocycles. The molecule has 6 heteroatoms. The number of nitrogens with zero attached hydrogens (tertiary/aromatic N) is 1. The molecular formula is C17H23N3O2S. The Morgan fingerprint density at radius 3 is 2.52 bits per heavy atom. The monoisotopic (exact) mass is 333 g/mol. The van der Waals surface area contributed by atoms with Crippen molar-refractivity contribution in [1.82, 2.24) is 10.2 Å². The second-order valence-corrected chi connectivity index (χ2v) is 7.58. The lowest BCUT2D eigenvalue weighted by atomic mass is 9.93. The summed E-state index contributed by atoms with van der Waals surface area (Å²) in [4.78, 5) is 14.7. The minimum atomic E-state index is -0.464. The number of carbonyl (C=O) groups is 1. The number of hydrogen-bond acceptors (Lipinski definition) is 4. The number of benzene rings is 1. The van der Waals surface area contributed by atoms with Crippen LogP contribution in [0.15, 0.2) is 24.3 Å². The highest BCUT2D eigenvalue weighted by Crippen LogP contribution is 2.31. The number of piperidine rings is 1. The normalized spacial score (nSPS) is 19.6. The third kappa shape index (κ3) is 3.42. The zero-order valence-electron chi connectivity index (χ0n) is 13.8. The van der Waals surface area contributed by atoms with Crippen LogP contribution in [0.3, 0.4) is 0 Å². The number of para-hydroxylation sites is 1. The maximum absolute atomic E-state index is 12.2. The summed E-state index contributed by atoms with van der Waals surface area (Å²) in [5.41, 5.74) is 1.35. The van der Waals surface area contributed by atoms with Gasteiger partial charge in [-0.05, 0) is 32.9 Å². The molecule has 0 bridgehead atoms. The van der Waals surface area contributed by atoms with E-state index in [1.54, 1.807) is 4.90 Å². The number of thiocarbonyl (C=S) groups is 1.